The SMILES string of the molecule is CCN(CC)Cc1ccccc1CNC(=O)C=Cc1ccco1. The van der Waals surface area contributed by atoms with Crippen molar-refractivity contribution in [2.75, 3.05) is 13.1 Å². The third-order valence-electron chi connectivity index (χ3n) is 3.80. The molecule has 2 rings (SSSR count). The van der Waals surface area contributed by atoms with Gasteiger partial charge in [-0.3, -0.25) is 9.69 Å². The Kier molecular flexibility index (Phi) is 6.63. The van der Waals surface area contributed by atoms with Gasteiger partial charge in [-0.15, -0.1) is 0 Å². The van der Waals surface area contributed by atoms with Gasteiger partial charge in [-0.2, -0.15) is 0 Å². The molecule has 0 unspecified atom stereocenters. The van der Waals surface area contributed by atoms with Crippen LogP contribution in [0.5, 0.6) is 0 Å². The predicted molar refractivity (Wildman–Crippen MR) is 92.7 cm³/mol. The minimum absolute atomic E-state index is 0.126. The predicted octanol–water partition coefficient (Wildman–Crippen LogP) is 3.45. The number of amides is 1. The van der Waals surface area contributed by atoms with Crippen molar-refractivity contribution in [1.29, 1.82) is 0 Å². The van der Waals surface area contributed by atoms with E-state index in [1.54, 1.807) is 18.4 Å². The van der Waals surface area contributed by atoms with Crippen molar-refractivity contribution in [1.82, 2.24) is 10.2 Å². The molecule has 0 bridgehead atoms. The van der Waals surface area contributed by atoms with E-state index in [0.29, 0.717) is 12.3 Å². The number of benzene rings is 1. The van der Waals surface area contributed by atoms with Gasteiger partial charge in [0, 0.05) is 19.2 Å². The molecular formula is C19H24N2O2. The van der Waals surface area contributed by atoms with Crippen molar-refractivity contribution >= 4 is 12.0 Å². The van der Waals surface area contributed by atoms with Gasteiger partial charge in [0.2, 0.25) is 5.91 Å². The van der Waals surface area contributed by atoms with Gasteiger partial charge in [-0.1, -0.05) is 38.1 Å². The molecule has 2 aromatic rings. The second kappa shape index (κ2) is 8.96. The third kappa shape index (κ3) is 5.42. The van der Waals surface area contributed by atoms with Crippen LogP contribution >= 0.6 is 0 Å². The Balaban J connectivity index is 1.93. The maximum absolute atomic E-state index is 11.9. The molecule has 0 saturated carbocycles. The van der Waals surface area contributed by atoms with Gasteiger partial charge in [0.1, 0.15) is 5.76 Å². The number of nitrogens with zero attached hydrogens (tertiary/aromatic N) is 1. The molecule has 23 heavy (non-hydrogen) atoms. The molecule has 0 aliphatic rings. The highest BCUT2D eigenvalue weighted by atomic mass is 16.3. The molecule has 1 N–H and O–H groups in total. The van der Waals surface area contributed by atoms with E-state index in [1.807, 2.05) is 18.2 Å². The summed E-state index contributed by atoms with van der Waals surface area (Å²) in [5.74, 6) is 0.543. The van der Waals surface area contributed by atoms with Crippen LogP contribution in [0.15, 0.2) is 53.2 Å². The molecule has 1 amide bonds. The Morgan fingerprint density at radius 3 is 2.52 bits per heavy atom. The summed E-state index contributed by atoms with van der Waals surface area (Å²) in [6.45, 7) is 7.78. The summed E-state index contributed by atoms with van der Waals surface area (Å²) in [6, 6.07) is 11.8. The Morgan fingerprint density at radius 2 is 1.87 bits per heavy atom. The van der Waals surface area contributed by atoms with Crippen molar-refractivity contribution in [2.45, 2.75) is 26.9 Å². The maximum atomic E-state index is 11.9. The molecule has 0 atom stereocenters. The lowest BCUT2D eigenvalue weighted by molar-refractivity contribution is -0.116. The quantitative estimate of drug-likeness (QED) is 0.759. The molecule has 122 valence electrons. The van der Waals surface area contributed by atoms with Crippen LogP contribution in [-0.4, -0.2) is 23.9 Å². The zero-order valence-corrected chi connectivity index (χ0v) is 13.8. The van der Waals surface area contributed by atoms with Gasteiger partial charge in [-0.25, -0.2) is 0 Å². The molecule has 1 aromatic heterocycles. The highest BCUT2D eigenvalue weighted by Crippen LogP contribution is 2.11. The fourth-order valence-electron chi connectivity index (χ4n) is 2.36. The van der Waals surface area contributed by atoms with Gasteiger partial charge in [0.05, 0.1) is 6.26 Å². The topological polar surface area (TPSA) is 45.5 Å². The first-order chi connectivity index (χ1) is 11.2. The minimum Gasteiger partial charge on any atom is -0.465 e. The molecule has 0 radical (unpaired) electrons. The van der Waals surface area contributed by atoms with Crippen molar-refractivity contribution in [3.8, 4) is 0 Å². The first kappa shape index (κ1) is 17.0. The number of furan rings is 1. The van der Waals surface area contributed by atoms with Crippen molar-refractivity contribution in [3.05, 3.63) is 65.6 Å². The zero-order chi connectivity index (χ0) is 16.5. The molecular weight excluding hydrogens is 288 g/mol. The van der Waals surface area contributed by atoms with Gasteiger partial charge in [-0.05, 0) is 42.4 Å². The van der Waals surface area contributed by atoms with Crippen LogP contribution in [0.4, 0.5) is 0 Å². The van der Waals surface area contributed by atoms with Gasteiger partial charge < -0.3 is 9.73 Å². The Bertz CT molecular complexity index is 629. The molecule has 0 aliphatic carbocycles. The summed E-state index contributed by atoms with van der Waals surface area (Å²) in [6.07, 6.45) is 4.74. The number of hydrogen-bond acceptors (Lipinski definition) is 3. The van der Waals surface area contributed by atoms with Gasteiger partial charge >= 0.3 is 0 Å². The molecule has 0 spiro atoms. The molecule has 0 fully saturated rings. The Hall–Kier alpha value is -2.33. The second-order valence-corrected chi connectivity index (χ2v) is 5.30. The summed E-state index contributed by atoms with van der Waals surface area (Å²) >= 11 is 0. The molecule has 0 aliphatic heterocycles. The number of nitrogens with one attached hydrogen (secondary N) is 1. The molecule has 4 nitrogen and oxygen atoms in total. The van der Waals surface area contributed by atoms with E-state index in [2.05, 4.69) is 36.2 Å². The first-order valence-corrected chi connectivity index (χ1v) is 8.01. The van der Waals surface area contributed by atoms with Crippen LogP contribution in [0.2, 0.25) is 0 Å². The van der Waals surface area contributed by atoms with E-state index in [1.165, 1.54) is 11.6 Å². The lowest BCUT2D eigenvalue weighted by Gasteiger charge is -2.20. The lowest BCUT2D eigenvalue weighted by Crippen LogP contribution is -2.25. The summed E-state index contributed by atoms with van der Waals surface area (Å²) in [5, 5.41) is 2.93. The van der Waals surface area contributed by atoms with Crippen LogP contribution in [-0.2, 0) is 17.9 Å². The van der Waals surface area contributed by atoms with Crippen LogP contribution in [0, 0.1) is 0 Å². The van der Waals surface area contributed by atoms with E-state index in [-0.39, 0.29) is 5.91 Å². The average molecular weight is 312 g/mol. The third-order valence-corrected chi connectivity index (χ3v) is 3.80. The second-order valence-electron chi connectivity index (χ2n) is 5.30. The first-order valence-electron chi connectivity index (χ1n) is 8.01. The molecule has 1 heterocycles. The molecule has 0 saturated heterocycles. The smallest absolute Gasteiger partial charge is 0.244 e. The van der Waals surface area contributed by atoms with E-state index in [0.717, 1.165) is 25.2 Å². The van der Waals surface area contributed by atoms with Crippen molar-refractivity contribution in [3.63, 3.8) is 0 Å². The van der Waals surface area contributed by atoms with Crippen LogP contribution in [0.3, 0.4) is 0 Å². The summed E-state index contributed by atoms with van der Waals surface area (Å²) in [5.41, 5.74) is 2.41. The number of carbonyl (C=O) groups is 1. The average Bonchev–Trinajstić information content (AvgIpc) is 3.10. The van der Waals surface area contributed by atoms with Crippen LogP contribution in [0.1, 0.15) is 30.7 Å². The monoisotopic (exact) mass is 312 g/mol. The van der Waals surface area contributed by atoms with E-state index < -0.39 is 0 Å². The van der Waals surface area contributed by atoms with Gasteiger partial charge in [0.15, 0.2) is 0 Å². The van der Waals surface area contributed by atoms with E-state index >= 15 is 0 Å². The Morgan fingerprint density at radius 1 is 1.13 bits per heavy atom. The highest BCUT2D eigenvalue weighted by Gasteiger charge is 2.06. The Labute approximate surface area is 137 Å². The lowest BCUT2D eigenvalue weighted by atomic mass is 10.1. The van der Waals surface area contributed by atoms with Crippen molar-refractivity contribution < 1.29 is 9.21 Å². The minimum atomic E-state index is -0.126. The van der Waals surface area contributed by atoms with Crippen LogP contribution < -0.4 is 5.32 Å². The molecule has 1 aromatic carbocycles. The van der Waals surface area contributed by atoms with E-state index in [9.17, 15) is 4.79 Å². The largest absolute Gasteiger partial charge is 0.465 e. The summed E-state index contributed by atoms with van der Waals surface area (Å²) < 4.78 is 5.16. The standard InChI is InChI=1S/C19H24N2O2/c1-3-21(4-2)15-17-9-6-5-8-16(17)14-20-19(22)12-11-18-10-7-13-23-18/h5-13H,3-4,14-15H2,1-2H3,(H,20,22). The summed E-state index contributed by atoms with van der Waals surface area (Å²) in [4.78, 5) is 14.3. The number of hydrogen-bond donors (Lipinski definition) is 1. The zero-order valence-electron chi connectivity index (χ0n) is 13.8. The molecule has 4 heteroatoms. The van der Waals surface area contributed by atoms with Crippen molar-refractivity contribution in [2.24, 2.45) is 0 Å². The maximum Gasteiger partial charge on any atom is 0.244 e. The number of rotatable bonds is 8. The number of carbonyl (C=O) groups excluding carboxylic acids is 1. The fraction of sp³-hybridized carbons (Fsp3) is 0.316. The summed E-state index contributed by atoms with van der Waals surface area (Å²) in [7, 11) is 0. The fourth-order valence-corrected chi connectivity index (χ4v) is 2.36. The van der Waals surface area contributed by atoms with Gasteiger partial charge in [0.25, 0.3) is 0 Å². The normalized spacial score (nSPS) is 11.3. The van der Waals surface area contributed by atoms with Crippen LogP contribution in [0.25, 0.3) is 6.08 Å². The highest BCUT2D eigenvalue weighted by molar-refractivity contribution is 5.91. The van der Waals surface area contributed by atoms with E-state index in [4.69, 9.17) is 4.42 Å².